The van der Waals surface area contributed by atoms with Crippen molar-refractivity contribution in [1.82, 2.24) is 4.98 Å². The number of rotatable bonds is 6. The third-order valence-electron chi connectivity index (χ3n) is 3.32. The van der Waals surface area contributed by atoms with Gasteiger partial charge in [0.15, 0.2) is 17.2 Å². The molecule has 7 heteroatoms. The molecule has 6 nitrogen and oxygen atoms in total. The van der Waals surface area contributed by atoms with Crippen LogP contribution in [-0.4, -0.2) is 33.7 Å². The Kier molecular flexibility index (Phi) is 4.76. The maximum Gasteiger partial charge on any atom is 0.349 e. The fraction of sp³-hybridized carbons (Fsp3) is 0.0556. The fourth-order valence-electron chi connectivity index (χ4n) is 2.24. The Morgan fingerprint density at radius 1 is 1.12 bits per heavy atom. The molecule has 25 heavy (non-hydrogen) atoms. The average Bonchev–Trinajstić information content (AvgIpc) is 2.97. The van der Waals surface area contributed by atoms with Crippen molar-refractivity contribution in [3.05, 3.63) is 58.6 Å². The van der Waals surface area contributed by atoms with Gasteiger partial charge in [0, 0.05) is 6.20 Å². The number of hydrogen-bond acceptors (Lipinski definition) is 5. The van der Waals surface area contributed by atoms with E-state index >= 15 is 0 Å². The van der Waals surface area contributed by atoms with Crippen molar-refractivity contribution in [2.24, 2.45) is 0 Å². The van der Waals surface area contributed by atoms with Gasteiger partial charge < -0.3 is 14.9 Å². The zero-order valence-electron chi connectivity index (χ0n) is 12.9. The van der Waals surface area contributed by atoms with Crippen LogP contribution in [-0.2, 0) is 4.79 Å². The highest BCUT2D eigenvalue weighted by Crippen LogP contribution is 2.37. The molecule has 0 unspecified atom stereocenters. The zero-order valence-corrected chi connectivity index (χ0v) is 13.7. The predicted molar refractivity (Wildman–Crippen MR) is 95.1 cm³/mol. The largest absolute Gasteiger partial charge is 0.479 e. The third kappa shape index (κ3) is 3.84. The Hall–Kier alpha value is -3.19. The molecule has 3 rings (SSSR count). The van der Waals surface area contributed by atoms with Gasteiger partial charge >= 0.3 is 11.9 Å². The van der Waals surface area contributed by atoms with Crippen molar-refractivity contribution in [3.63, 3.8) is 0 Å². The third-order valence-corrected chi connectivity index (χ3v) is 4.41. The number of fused-ring (bicyclic) bond motifs is 1. The van der Waals surface area contributed by atoms with Crippen LogP contribution in [0.5, 0.6) is 5.75 Å². The first kappa shape index (κ1) is 16.7. The lowest BCUT2D eigenvalue weighted by Gasteiger charge is -2.03. The van der Waals surface area contributed by atoms with Crippen molar-refractivity contribution >= 4 is 45.6 Å². The fourth-order valence-corrected chi connectivity index (χ4v) is 3.15. The average molecular weight is 355 g/mol. The van der Waals surface area contributed by atoms with E-state index in [0.29, 0.717) is 10.2 Å². The summed E-state index contributed by atoms with van der Waals surface area (Å²) in [5.41, 5.74) is 1.77. The number of benzene rings is 1. The quantitative estimate of drug-likeness (QED) is 0.701. The van der Waals surface area contributed by atoms with Crippen molar-refractivity contribution in [2.45, 2.75) is 0 Å². The number of carboxylic acids is 2. The summed E-state index contributed by atoms with van der Waals surface area (Å²) in [6.45, 7) is -0.615. The summed E-state index contributed by atoms with van der Waals surface area (Å²) in [5, 5.41) is 18.6. The van der Waals surface area contributed by atoms with Crippen LogP contribution in [0.1, 0.15) is 20.8 Å². The van der Waals surface area contributed by atoms with Crippen LogP contribution in [0.2, 0.25) is 0 Å². The number of aromatic carboxylic acids is 1. The van der Waals surface area contributed by atoms with Crippen molar-refractivity contribution in [2.75, 3.05) is 6.61 Å². The number of carboxylic acid groups (broad SMARTS) is 2. The number of pyridine rings is 1. The van der Waals surface area contributed by atoms with Gasteiger partial charge in [-0.05, 0) is 17.2 Å². The monoisotopic (exact) mass is 355 g/mol. The minimum Gasteiger partial charge on any atom is -0.479 e. The highest BCUT2D eigenvalue weighted by atomic mass is 32.1. The molecule has 0 radical (unpaired) electrons. The van der Waals surface area contributed by atoms with Gasteiger partial charge in [0.2, 0.25) is 0 Å². The van der Waals surface area contributed by atoms with Crippen molar-refractivity contribution in [3.8, 4) is 5.75 Å². The molecule has 0 saturated heterocycles. The summed E-state index contributed by atoms with van der Waals surface area (Å²) in [6.07, 6.45) is 5.39. The summed E-state index contributed by atoms with van der Waals surface area (Å²) in [7, 11) is 0. The first-order valence-corrected chi connectivity index (χ1v) is 8.10. The maximum atomic E-state index is 11.4. The SMILES string of the molecule is O=C(O)COc1c(C(=O)O)sc2ncc(C=Cc3ccccc3)cc12. The molecule has 0 spiro atoms. The zero-order chi connectivity index (χ0) is 17.8. The highest BCUT2D eigenvalue weighted by Gasteiger charge is 2.21. The summed E-state index contributed by atoms with van der Waals surface area (Å²) in [5.74, 6) is -2.31. The molecule has 0 fully saturated rings. The summed E-state index contributed by atoms with van der Waals surface area (Å²) < 4.78 is 5.20. The number of carbonyl (C=O) groups is 2. The van der Waals surface area contributed by atoms with Crippen LogP contribution in [0, 0.1) is 0 Å². The molecule has 2 N–H and O–H groups in total. The molecule has 126 valence electrons. The Labute approximate surface area is 146 Å². The Morgan fingerprint density at radius 3 is 2.52 bits per heavy atom. The van der Waals surface area contributed by atoms with E-state index in [4.69, 9.17) is 9.84 Å². The first-order valence-electron chi connectivity index (χ1n) is 7.28. The summed E-state index contributed by atoms with van der Waals surface area (Å²) >= 11 is 0.954. The molecule has 2 heterocycles. The number of thiophene rings is 1. The molecule has 0 bridgehead atoms. The Bertz CT molecular complexity index is 962. The number of hydrogen-bond donors (Lipinski definition) is 2. The minimum absolute atomic E-state index is 0.0392. The normalized spacial score (nSPS) is 11.0. The Morgan fingerprint density at radius 2 is 1.84 bits per heavy atom. The minimum atomic E-state index is -1.18. The molecular weight excluding hydrogens is 342 g/mol. The topological polar surface area (TPSA) is 96.7 Å². The molecule has 0 amide bonds. The van der Waals surface area contributed by atoms with Gasteiger partial charge in [-0.1, -0.05) is 42.5 Å². The molecule has 3 aromatic rings. The second kappa shape index (κ2) is 7.14. The summed E-state index contributed by atoms with van der Waals surface area (Å²) in [6, 6.07) is 11.4. The van der Waals surface area contributed by atoms with Crippen LogP contribution in [0.3, 0.4) is 0 Å². The van der Waals surface area contributed by atoms with E-state index in [1.54, 1.807) is 12.3 Å². The van der Waals surface area contributed by atoms with E-state index in [-0.39, 0.29) is 10.6 Å². The van der Waals surface area contributed by atoms with Crippen LogP contribution in [0.15, 0.2) is 42.6 Å². The molecule has 0 aliphatic rings. The smallest absolute Gasteiger partial charge is 0.349 e. The maximum absolute atomic E-state index is 11.4. The number of ether oxygens (including phenoxy) is 1. The lowest BCUT2D eigenvalue weighted by molar-refractivity contribution is -0.139. The van der Waals surface area contributed by atoms with Gasteiger partial charge in [-0.2, -0.15) is 0 Å². The molecular formula is C18H13NO5S. The molecule has 2 aromatic heterocycles. The van der Waals surface area contributed by atoms with E-state index in [9.17, 15) is 14.7 Å². The van der Waals surface area contributed by atoms with Crippen LogP contribution in [0.25, 0.3) is 22.4 Å². The van der Waals surface area contributed by atoms with Crippen molar-refractivity contribution < 1.29 is 24.5 Å². The molecule has 0 saturated carbocycles. The van der Waals surface area contributed by atoms with Gasteiger partial charge in [-0.25, -0.2) is 14.6 Å². The van der Waals surface area contributed by atoms with Gasteiger partial charge in [-0.15, -0.1) is 11.3 Å². The Balaban J connectivity index is 2.00. The molecule has 1 aromatic carbocycles. The van der Waals surface area contributed by atoms with Crippen molar-refractivity contribution in [1.29, 1.82) is 0 Å². The molecule has 0 aliphatic carbocycles. The first-order chi connectivity index (χ1) is 12.0. The predicted octanol–water partition coefficient (Wildman–Crippen LogP) is 3.63. The molecule has 0 atom stereocenters. The lowest BCUT2D eigenvalue weighted by atomic mass is 10.1. The van der Waals surface area contributed by atoms with Gasteiger partial charge in [0.05, 0.1) is 5.39 Å². The number of aliphatic carboxylic acids is 1. The highest BCUT2D eigenvalue weighted by molar-refractivity contribution is 7.20. The molecule has 0 aliphatic heterocycles. The van der Waals surface area contributed by atoms with E-state index in [1.807, 2.05) is 42.5 Å². The van der Waals surface area contributed by atoms with Gasteiger partial charge in [0.1, 0.15) is 4.83 Å². The second-order valence-corrected chi connectivity index (χ2v) is 6.11. The van der Waals surface area contributed by atoms with E-state index in [1.165, 1.54) is 0 Å². The number of nitrogens with zero attached hydrogens (tertiary/aromatic N) is 1. The standard InChI is InChI=1S/C18H13NO5S/c20-14(21)10-24-15-13-8-12(7-6-11-4-2-1-3-5-11)9-19-17(13)25-16(15)18(22)23/h1-9H,10H2,(H,20,21)(H,22,23). The van der Waals surface area contributed by atoms with Crippen LogP contribution < -0.4 is 4.74 Å². The van der Waals surface area contributed by atoms with Gasteiger partial charge in [0.25, 0.3) is 0 Å². The number of aromatic nitrogens is 1. The van der Waals surface area contributed by atoms with Gasteiger partial charge in [-0.3, -0.25) is 0 Å². The van der Waals surface area contributed by atoms with E-state index < -0.39 is 18.5 Å². The van der Waals surface area contributed by atoms with Crippen LogP contribution in [0.4, 0.5) is 0 Å². The summed E-state index contributed by atoms with van der Waals surface area (Å²) in [4.78, 5) is 26.8. The van der Waals surface area contributed by atoms with E-state index in [2.05, 4.69) is 4.98 Å². The lowest BCUT2D eigenvalue weighted by Crippen LogP contribution is -2.10. The van der Waals surface area contributed by atoms with Crippen LogP contribution >= 0.6 is 11.3 Å². The second-order valence-electron chi connectivity index (χ2n) is 5.11. The van der Waals surface area contributed by atoms with E-state index in [0.717, 1.165) is 22.5 Å².